The molecule has 0 aliphatic carbocycles. The Morgan fingerprint density at radius 3 is 2.54 bits per heavy atom. The minimum Gasteiger partial charge on any atom is -0.483 e. The van der Waals surface area contributed by atoms with Crippen molar-refractivity contribution in [2.45, 2.75) is 42.4 Å². The smallest absolute Gasteiger partial charge is 0.305 e. The van der Waals surface area contributed by atoms with Gasteiger partial charge in [0.25, 0.3) is 5.91 Å². The number of anilines is 1. The lowest BCUT2D eigenvalue weighted by molar-refractivity contribution is -0.134. The summed E-state index contributed by atoms with van der Waals surface area (Å²) in [5.41, 5.74) is 2.10. The van der Waals surface area contributed by atoms with Crippen LogP contribution in [-0.4, -0.2) is 52.6 Å². The lowest BCUT2D eigenvalue weighted by Gasteiger charge is -2.31. The number of aromatic nitrogens is 1. The van der Waals surface area contributed by atoms with E-state index in [1.807, 2.05) is 19.1 Å². The fraction of sp³-hybridized carbons (Fsp3) is 0.357. The van der Waals surface area contributed by atoms with E-state index >= 15 is 0 Å². The van der Waals surface area contributed by atoms with Gasteiger partial charge in [0, 0.05) is 34.5 Å². The summed E-state index contributed by atoms with van der Waals surface area (Å²) in [5.74, 6) is -1.79. The average molecular weight is 584 g/mol. The van der Waals surface area contributed by atoms with Crippen molar-refractivity contribution < 1.29 is 19.1 Å². The molecular weight excluding hydrogens is 558 g/mol. The van der Waals surface area contributed by atoms with Gasteiger partial charge in [0.05, 0.1) is 16.6 Å². The molecule has 2 aromatic carbocycles. The van der Waals surface area contributed by atoms with Gasteiger partial charge in [-0.1, -0.05) is 52.4 Å². The molecule has 39 heavy (non-hydrogen) atoms. The Morgan fingerprint density at radius 2 is 1.79 bits per heavy atom. The summed E-state index contributed by atoms with van der Waals surface area (Å²) in [4.78, 5) is 59.2. The van der Waals surface area contributed by atoms with Gasteiger partial charge in [0.15, 0.2) is 6.61 Å². The number of hydrogen-bond donors (Lipinski definition) is 1. The predicted molar refractivity (Wildman–Crippen MR) is 151 cm³/mol. The first-order valence-corrected chi connectivity index (χ1v) is 14.9. The zero-order valence-electron chi connectivity index (χ0n) is 21.1. The Labute approximate surface area is 238 Å². The first-order valence-electron chi connectivity index (χ1n) is 12.9. The van der Waals surface area contributed by atoms with E-state index in [4.69, 9.17) is 16.3 Å². The van der Waals surface area contributed by atoms with E-state index in [9.17, 15) is 19.2 Å². The SMILES string of the molecule is Cc1ccc(N2C(=O)[C@H]3[C@H](c4cc(Cl)ccc4OCC(=O)N4CCCCC4)c4sc(=O)[nH]c4S[C@H]3C2=O)cc1. The van der Waals surface area contributed by atoms with E-state index in [-0.39, 0.29) is 29.2 Å². The number of ether oxygens (including phenoxy) is 1. The number of aromatic amines is 1. The number of likely N-dealkylation sites (tertiary alicyclic amines) is 1. The van der Waals surface area contributed by atoms with Crippen molar-refractivity contribution in [3.63, 3.8) is 0 Å². The van der Waals surface area contributed by atoms with Crippen LogP contribution in [0.4, 0.5) is 5.69 Å². The minimum atomic E-state index is -0.777. The summed E-state index contributed by atoms with van der Waals surface area (Å²) < 4.78 is 6.07. The quantitative estimate of drug-likeness (QED) is 0.441. The number of hydrogen-bond acceptors (Lipinski definition) is 7. The fourth-order valence-electron chi connectivity index (χ4n) is 5.57. The third-order valence-corrected chi connectivity index (χ3v) is 10.1. The predicted octanol–water partition coefficient (Wildman–Crippen LogP) is 4.59. The molecule has 3 aromatic rings. The maximum Gasteiger partial charge on any atom is 0.305 e. The molecule has 8 nitrogen and oxygen atoms in total. The van der Waals surface area contributed by atoms with Gasteiger partial charge in [-0.15, -0.1) is 0 Å². The number of rotatable bonds is 5. The number of fused-ring (bicyclic) bond motifs is 2. The number of benzene rings is 2. The Morgan fingerprint density at radius 1 is 1.05 bits per heavy atom. The molecule has 3 aliphatic heterocycles. The van der Waals surface area contributed by atoms with E-state index in [1.54, 1.807) is 35.2 Å². The van der Waals surface area contributed by atoms with Crippen molar-refractivity contribution in [2.24, 2.45) is 5.92 Å². The van der Waals surface area contributed by atoms with Crippen molar-refractivity contribution in [3.8, 4) is 5.75 Å². The summed E-state index contributed by atoms with van der Waals surface area (Å²) in [6.45, 7) is 3.22. The Kier molecular flexibility index (Phi) is 7.03. The van der Waals surface area contributed by atoms with Crippen LogP contribution in [0.15, 0.2) is 52.3 Å². The molecule has 0 radical (unpaired) electrons. The monoisotopic (exact) mass is 583 g/mol. The van der Waals surface area contributed by atoms with E-state index in [1.165, 1.54) is 16.7 Å². The lowest BCUT2D eigenvalue weighted by Crippen LogP contribution is -2.38. The fourth-order valence-corrected chi connectivity index (χ4v) is 8.25. The molecule has 6 rings (SSSR count). The second-order valence-electron chi connectivity index (χ2n) is 10.0. The molecule has 11 heteroatoms. The number of carbonyl (C=O) groups excluding carboxylic acids is 3. The topological polar surface area (TPSA) is 99.8 Å². The number of nitrogens with one attached hydrogen (secondary N) is 1. The van der Waals surface area contributed by atoms with Crippen molar-refractivity contribution >= 4 is 58.1 Å². The van der Waals surface area contributed by atoms with Crippen molar-refractivity contribution in [3.05, 3.63) is 73.2 Å². The normalized spacial score (nSPS) is 22.6. The standard InChI is InChI=1S/C28H26ClN3O5S2/c1-15-5-8-17(9-6-15)32-26(34)22-21(23-25(30-28(36)39-23)38-24(22)27(32)35)18-13-16(29)7-10-19(18)37-14-20(33)31-11-3-2-4-12-31/h5-10,13,21-22,24H,2-4,11-12,14H2,1H3,(H,30,36)/t21-,22-,24+/m0/s1. The van der Waals surface area contributed by atoms with E-state index < -0.39 is 17.1 Å². The highest BCUT2D eigenvalue weighted by atomic mass is 35.5. The third-order valence-electron chi connectivity index (χ3n) is 7.48. The summed E-state index contributed by atoms with van der Waals surface area (Å²) in [7, 11) is 0. The van der Waals surface area contributed by atoms with Crippen LogP contribution >= 0.6 is 34.7 Å². The molecule has 3 atom stereocenters. The van der Waals surface area contributed by atoms with Crippen LogP contribution in [0.5, 0.6) is 5.75 Å². The highest BCUT2D eigenvalue weighted by Crippen LogP contribution is 2.54. The molecule has 3 aliphatic rings. The number of imide groups is 1. The second kappa shape index (κ2) is 10.5. The van der Waals surface area contributed by atoms with Crippen molar-refractivity contribution in [1.29, 1.82) is 0 Å². The Balaban J connectivity index is 1.39. The van der Waals surface area contributed by atoms with Gasteiger partial charge in [0.1, 0.15) is 11.0 Å². The van der Waals surface area contributed by atoms with Gasteiger partial charge in [-0.25, -0.2) is 4.90 Å². The molecule has 0 saturated carbocycles. The summed E-state index contributed by atoms with van der Waals surface area (Å²) >= 11 is 8.67. The number of thioether (sulfide) groups is 1. The molecular formula is C28H26ClN3O5S2. The average Bonchev–Trinajstić information content (AvgIpc) is 3.43. The molecule has 2 saturated heterocycles. The third kappa shape index (κ3) is 4.79. The number of carbonyl (C=O) groups is 3. The number of H-pyrrole nitrogens is 1. The van der Waals surface area contributed by atoms with Crippen LogP contribution in [0.3, 0.4) is 0 Å². The summed E-state index contributed by atoms with van der Waals surface area (Å²) in [5, 5.41) is 0.257. The first-order chi connectivity index (χ1) is 18.8. The minimum absolute atomic E-state index is 0.0997. The molecule has 0 bridgehead atoms. The Bertz CT molecular complexity index is 1510. The molecule has 1 N–H and O–H groups in total. The largest absolute Gasteiger partial charge is 0.483 e. The number of halogens is 1. The van der Waals surface area contributed by atoms with Crippen LogP contribution in [0.1, 0.15) is 41.2 Å². The summed E-state index contributed by atoms with van der Waals surface area (Å²) in [6.07, 6.45) is 3.07. The highest BCUT2D eigenvalue weighted by Gasteiger charge is 2.56. The maximum absolute atomic E-state index is 14.0. The Hall–Kier alpha value is -3.08. The molecule has 0 spiro atoms. The zero-order chi connectivity index (χ0) is 27.3. The van der Waals surface area contributed by atoms with Gasteiger partial charge in [-0.2, -0.15) is 0 Å². The molecule has 4 heterocycles. The molecule has 202 valence electrons. The number of aryl methyl sites for hydroxylation is 1. The molecule has 2 fully saturated rings. The number of piperidine rings is 1. The number of nitrogens with zero attached hydrogens (tertiary/aromatic N) is 2. The van der Waals surface area contributed by atoms with Crippen LogP contribution in [0, 0.1) is 12.8 Å². The van der Waals surface area contributed by atoms with Crippen LogP contribution in [0.25, 0.3) is 0 Å². The van der Waals surface area contributed by atoms with Crippen LogP contribution < -0.4 is 14.5 Å². The second-order valence-corrected chi connectivity index (χ2v) is 12.6. The summed E-state index contributed by atoms with van der Waals surface area (Å²) in [6, 6.07) is 12.3. The molecule has 1 aromatic heterocycles. The molecule has 3 amide bonds. The van der Waals surface area contributed by atoms with E-state index in [0.29, 0.717) is 45.0 Å². The van der Waals surface area contributed by atoms with Gasteiger partial charge in [-0.05, 0) is 56.5 Å². The van der Waals surface area contributed by atoms with Gasteiger partial charge >= 0.3 is 4.87 Å². The lowest BCUT2D eigenvalue weighted by atomic mass is 9.82. The van der Waals surface area contributed by atoms with Crippen molar-refractivity contribution in [1.82, 2.24) is 9.88 Å². The highest BCUT2D eigenvalue weighted by molar-refractivity contribution is 8.00. The first kappa shape index (κ1) is 26.2. The van der Waals surface area contributed by atoms with E-state index in [0.717, 1.165) is 36.2 Å². The maximum atomic E-state index is 14.0. The van der Waals surface area contributed by atoms with Crippen molar-refractivity contribution in [2.75, 3.05) is 24.6 Å². The van der Waals surface area contributed by atoms with Gasteiger partial charge < -0.3 is 14.6 Å². The number of amides is 3. The van der Waals surface area contributed by atoms with E-state index in [2.05, 4.69) is 4.98 Å². The van der Waals surface area contributed by atoms with Gasteiger partial charge in [0.2, 0.25) is 11.8 Å². The zero-order valence-corrected chi connectivity index (χ0v) is 23.5. The number of thiazole rings is 1. The molecule has 0 unspecified atom stereocenters. The van der Waals surface area contributed by atoms with Crippen LogP contribution in [-0.2, 0) is 14.4 Å². The van der Waals surface area contributed by atoms with Gasteiger partial charge in [-0.3, -0.25) is 19.2 Å². The van der Waals surface area contributed by atoms with Crippen LogP contribution in [0.2, 0.25) is 5.02 Å².